The van der Waals surface area contributed by atoms with Crippen molar-refractivity contribution in [1.82, 2.24) is 0 Å². The van der Waals surface area contributed by atoms with E-state index < -0.39 is 5.60 Å². The third-order valence-electron chi connectivity index (χ3n) is 1.35. The Labute approximate surface area is 79.2 Å². The van der Waals surface area contributed by atoms with Crippen molar-refractivity contribution in [1.29, 1.82) is 0 Å². The van der Waals surface area contributed by atoms with Crippen molar-refractivity contribution < 1.29 is 9.53 Å². The SMILES string of the molecule is CC(CCCl)C(=O)OC(C)(C)C. The summed E-state index contributed by atoms with van der Waals surface area (Å²) in [5.74, 6) is 0.241. The molecule has 0 heterocycles. The van der Waals surface area contributed by atoms with E-state index in [1.165, 1.54) is 0 Å². The Hall–Kier alpha value is -0.240. The highest BCUT2D eigenvalue weighted by molar-refractivity contribution is 6.17. The first-order valence-electron chi connectivity index (χ1n) is 4.15. The van der Waals surface area contributed by atoms with Gasteiger partial charge in [-0.3, -0.25) is 4.79 Å². The lowest BCUT2D eigenvalue weighted by Gasteiger charge is -2.21. The summed E-state index contributed by atoms with van der Waals surface area (Å²) in [6.07, 6.45) is 0.677. The second kappa shape index (κ2) is 4.70. The molecular weight excluding hydrogens is 176 g/mol. The molecule has 0 aliphatic carbocycles. The van der Waals surface area contributed by atoms with Gasteiger partial charge in [0.1, 0.15) is 5.60 Å². The summed E-state index contributed by atoms with van der Waals surface area (Å²) in [5, 5.41) is 0. The number of halogens is 1. The molecule has 0 aromatic rings. The quantitative estimate of drug-likeness (QED) is 0.508. The van der Waals surface area contributed by atoms with Gasteiger partial charge in [-0.1, -0.05) is 6.92 Å². The second-order valence-electron chi connectivity index (χ2n) is 3.91. The molecule has 0 saturated heterocycles. The largest absolute Gasteiger partial charge is 0.460 e. The fraction of sp³-hybridized carbons (Fsp3) is 0.889. The van der Waals surface area contributed by atoms with Crippen LogP contribution >= 0.6 is 11.6 Å². The van der Waals surface area contributed by atoms with E-state index in [1.807, 2.05) is 27.7 Å². The molecule has 1 atom stereocenters. The topological polar surface area (TPSA) is 26.3 Å². The Morgan fingerprint density at radius 2 is 2.00 bits per heavy atom. The molecule has 0 N–H and O–H groups in total. The number of ether oxygens (including phenoxy) is 1. The van der Waals surface area contributed by atoms with Crippen LogP contribution in [0.2, 0.25) is 0 Å². The van der Waals surface area contributed by atoms with E-state index in [-0.39, 0.29) is 11.9 Å². The normalized spacial score (nSPS) is 14.1. The van der Waals surface area contributed by atoms with Crippen LogP contribution in [0.15, 0.2) is 0 Å². The summed E-state index contributed by atoms with van der Waals surface area (Å²) < 4.78 is 5.15. The van der Waals surface area contributed by atoms with E-state index >= 15 is 0 Å². The van der Waals surface area contributed by atoms with E-state index in [2.05, 4.69) is 0 Å². The summed E-state index contributed by atoms with van der Waals surface area (Å²) in [6.45, 7) is 7.41. The second-order valence-corrected chi connectivity index (χ2v) is 4.29. The van der Waals surface area contributed by atoms with Crippen molar-refractivity contribution in [3.05, 3.63) is 0 Å². The van der Waals surface area contributed by atoms with Crippen LogP contribution in [0.4, 0.5) is 0 Å². The zero-order chi connectivity index (χ0) is 9.78. The first-order chi connectivity index (χ1) is 5.37. The first kappa shape index (κ1) is 11.8. The Balaban J connectivity index is 3.87. The molecule has 0 spiro atoms. The van der Waals surface area contributed by atoms with Gasteiger partial charge in [0, 0.05) is 5.88 Å². The summed E-state index contributed by atoms with van der Waals surface area (Å²) in [7, 11) is 0. The van der Waals surface area contributed by atoms with Crippen LogP contribution in [0.1, 0.15) is 34.1 Å². The van der Waals surface area contributed by atoms with Crippen LogP contribution in [0, 0.1) is 5.92 Å². The zero-order valence-corrected chi connectivity index (χ0v) is 8.94. The number of carbonyl (C=O) groups is 1. The standard InChI is InChI=1S/C9H17ClO2/c1-7(5-6-10)8(11)12-9(2,3)4/h7H,5-6H2,1-4H3. The predicted molar refractivity (Wildman–Crippen MR) is 50.3 cm³/mol. The monoisotopic (exact) mass is 192 g/mol. The predicted octanol–water partition coefficient (Wildman–Crippen LogP) is 2.59. The molecule has 0 aliphatic heterocycles. The van der Waals surface area contributed by atoms with Crippen LogP contribution in [0.3, 0.4) is 0 Å². The van der Waals surface area contributed by atoms with Crippen LogP contribution in [-0.4, -0.2) is 17.5 Å². The average molecular weight is 193 g/mol. The van der Waals surface area contributed by atoms with Gasteiger partial charge in [-0.25, -0.2) is 0 Å². The van der Waals surface area contributed by atoms with Gasteiger partial charge < -0.3 is 4.74 Å². The molecule has 0 aromatic carbocycles. The molecular formula is C9H17ClO2. The summed E-state index contributed by atoms with van der Waals surface area (Å²) >= 11 is 5.50. The van der Waals surface area contributed by atoms with Crippen LogP contribution in [-0.2, 0) is 9.53 Å². The number of esters is 1. The molecule has 0 amide bonds. The molecule has 2 nitrogen and oxygen atoms in total. The highest BCUT2D eigenvalue weighted by atomic mass is 35.5. The number of carbonyl (C=O) groups excluding carboxylic acids is 1. The molecule has 0 aliphatic rings. The van der Waals surface area contributed by atoms with Gasteiger partial charge in [0.15, 0.2) is 0 Å². The number of hydrogen-bond acceptors (Lipinski definition) is 2. The van der Waals surface area contributed by atoms with Crippen LogP contribution in [0.25, 0.3) is 0 Å². The van der Waals surface area contributed by atoms with Gasteiger partial charge in [-0.05, 0) is 27.2 Å². The van der Waals surface area contributed by atoms with Gasteiger partial charge in [0.2, 0.25) is 0 Å². The molecule has 0 saturated carbocycles. The smallest absolute Gasteiger partial charge is 0.309 e. The van der Waals surface area contributed by atoms with Gasteiger partial charge >= 0.3 is 5.97 Å². The highest BCUT2D eigenvalue weighted by Crippen LogP contribution is 2.13. The molecule has 0 fully saturated rings. The van der Waals surface area contributed by atoms with Crippen molar-refractivity contribution >= 4 is 17.6 Å². The number of rotatable bonds is 3. The minimum absolute atomic E-state index is 0.0956. The van der Waals surface area contributed by atoms with Crippen molar-refractivity contribution in [2.75, 3.05) is 5.88 Å². The average Bonchev–Trinajstić information content (AvgIpc) is 1.84. The molecule has 12 heavy (non-hydrogen) atoms. The Kier molecular flexibility index (Phi) is 4.61. The molecule has 3 heteroatoms. The van der Waals surface area contributed by atoms with Gasteiger partial charge in [0.25, 0.3) is 0 Å². The maximum atomic E-state index is 11.3. The van der Waals surface area contributed by atoms with Crippen molar-refractivity contribution in [2.24, 2.45) is 5.92 Å². The summed E-state index contributed by atoms with van der Waals surface area (Å²) in [5.41, 5.74) is -0.391. The van der Waals surface area contributed by atoms with Crippen LogP contribution < -0.4 is 0 Å². The highest BCUT2D eigenvalue weighted by Gasteiger charge is 2.20. The van der Waals surface area contributed by atoms with Gasteiger partial charge in [-0.2, -0.15) is 0 Å². The minimum Gasteiger partial charge on any atom is -0.460 e. The molecule has 1 unspecified atom stereocenters. The van der Waals surface area contributed by atoms with Crippen LogP contribution in [0.5, 0.6) is 0 Å². The van der Waals surface area contributed by atoms with E-state index in [0.29, 0.717) is 12.3 Å². The molecule has 0 aromatic heterocycles. The van der Waals surface area contributed by atoms with Crippen molar-refractivity contribution in [3.8, 4) is 0 Å². The lowest BCUT2D eigenvalue weighted by atomic mass is 10.1. The number of hydrogen-bond donors (Lipinski definition) is 0. The van der Waals surface area contributed by atoms with Gasteiger partial charge in [-0.15, -0.1) is 11.6 Å². The fourth-order valence-corrected chi connectivity index (χ4v) is 1.01. The number of alkyl halides is 1. The van der Waals surface area contributed by atoms with Crippen molar-refractivity contribution in [3.63, 3.8) is 0 Å². The molecule has 0 radical (unpaired) electrons. The Bertz CT molecular complexity index is 149. The Morgan fingerprint density at radius 1 is 1.50 bits per heavy atom. The third-order valence-corrected chi connectivity index (χ3v) is 1.57. The third kappa shape index (κ3) is 5.42. The van der Waals surface area contributed by atoms with Crippen molar-refractivity contribution in [2.45, 2.75) is 39.7 Å². The Morgan fingerprint density at radius 3 is 2.33 bits per heavy atom. The van der Waals surface area contributed by atoms with E-state index in [4.69, 9.17) is 16.3 Å². The molecule has 0 bridgehead atoms. The molecule has 0 rings (SSSR count). The fourth-order valence-electron chi connectivity index (χ4n) is 0.684. The van der Waals surface area contributed by atoms with Gasteiger partial charge in [0.05, 0.1) is 5.92 Å². The minimum atomic E-state index is -0.391. The first-order valence-corrected chi connectivity index (χ1v) is 4.69. The maximum Gasteiger partial charge on any atom is 0.309 e. The maximum absolute atomic E-state index is 11.3. The summed E-state index contributed by atoms with van der Waals surface area (Å²) in [6, 6.07) is 0. The van der Waals surface area contributed by atoms with E-state index in [0.717, 1.165) is 0 Å². The molecule has 72 valence electrons. The zero-order valence-electron chi connectivity index (χ0n) is 8.19. The van der Waals surface area contributed by atoms with E-state index in [9.17, 15) is 4.79 Å². The lowest BCUT2D eigenvalue weighted by molar-refractivity contribution is -0.159. The summed E-state index contributed by atoms with van der Waals surface area (Å²) in [4.78, 5) is 11.3. The lowest BCUT2D eigenvalue weighted by Crippen LogP contribution is -2.27. The van der Waals surface area contributed by atoms with E-state index in [1.54, 1.807) is 0 Å².